The summed E-state index contributed by atoms with van der Waals surface area (Å²) in [7, 11) is 1.50. The Hall–Kier alpha value is -2.16. The van der Waals surface area contributed by atoms with Crippen LogP contribution in [0.3, 0.4) is 0 Å². The first-order chi connectivity index (χ1) is 10.0. The summed E-state index contributed by atoms with van der Waals surface area (Å²) in [4.78, 5) is 22.0. The molecule has 4 N–H and O–H groups in total. The van der Waals surface area contributed by atoms with Crippen molar-refractivity contribution < 1.29 is 14.7 Å². The number of carbonyl (C=O) groups is 2. The predicted molar refractivity (Wildman–Crippen MR) is 79.5 cm³/mol. The lowest BCUT2D eigenvalue weighted by atomic mass is 10.1. The number of nitrogens with two attached hydrogens (primary N) is 1. The Morgan fingerprint density at radius 2 is 2.05 bits per heavy atom. The summed E-state index contributed by atoms with van der Waals surface area (Å²) >= 11 is 0. The van der Waals surface area contributed by atoms with Gasteiger partial charge in [-0.25, -0.2) is 0 Å². The van der Waals surface area contributed by atoms with Crippen molar-refractivity contribution >= 4 is 24.4 Å². The van der Waals surface area contributed by atoms with Gasteiger partial charge >= 0.3 is 5.97 Å². The molecule has 9 nitrogen and oxygen atoms in total. The minimum absolute atomic E-state index is 0.138. The summed E-state index contributed by atoms with van der Waals surface area (Å²) < 4.78 is 0. The zero-order valence-electron chi connectivity index (χ0n) is 12.2. The molecular formula is C12H22N6O3. The molecule has 1 unspecified atom stereocenters. The number of carbonyl (C=O) groups excluding carboxylic acids is 1. The number of azo groups is 1. The van der Waals surface area contributed by atoms with E-state index in [0.29, 0.717) is 38.1 Å². The van der Waals surface area contributed by atoms with Crippen LogP contribution in [0.1, 0.15) is 32.1 Å². The van der Waals surface area contributed by atoms with Crippen LogP contribution in [0.4, 0.5) is 0 Å². The molecule has 0 saturated carbocycles. The molecule has 0 aliphatic heterocycles. The lowest BCUT2D eigenvalue weighted by Gasteiger charge is -2.07. The lowest BCUT2D eigenvalue weighted by Crippen LogP contribution is -2.30. The number of amides is 1. The Balaban J connectivity index is 3.78. The third-order valence-corrected chi connectivity index (χ3v) is 2.56. The fraction of sp³-hybridized carbons (Fsp3) is 0.667. The molecule has 1 atom stereocenters. The van der Waals surface area contributed by atoms with E-state index >= 15 is 0 Å². The fourth-order valence-corrected chi connectivity index (χ4v) is 1.47. The Bertz CT molecular complexity index is 408. The molecular weight excluding hydrogens is 276 g/mol. The van der Waals surface area contributed by atoms with Gasteiger partial charge in [0.05, 0.1) is 0 Å². The summed E-state index contributed by atoms with van der Waals surface area (Å²) in [6.45, 7) is 3.69. The van der Waals surface area contributed by atoms with Crippen LogP contribution in [0, 0.1) is 0 Å². The molecule has 0 aliphatic carbocycles. The maximum absolute atomic E-state index is 11.6. The number of carboxylic acids is 1. The van der Waals surface area contributed by atoms with Crippen LogP contribution < -0.4 is 11.1 Å². The van der Waals surface area contributed by atoms with Crippen molar-refractivity contribution in [3.63, 3.8) is 0 Å². The number of nitrogens with zero attached hydrogens (tertiary/aromatic N) is 4. The van der Waals surface area contributed by atoms with Gasteiger partial charge in [0.25, 0.3) is 0 Å². The summed E-state index contributed by atoms with van der Waals surface area (Å²) in [5, 5.41) is 25.6. The third kappa shape index (κ3) is 10.3. The Morgan fingerprint density at radius 1 is 1.33 bits per heavy atom. The largest absolute Gasteiger partial charge is 0.480 e. The summed E-state index contributed by atoms with van der Waals surface area (Å²) in [6.07, 6.45) is 2.26. The molecule has 0 rings (SSSR count). The zero-order chi connectivity index (χ0) is 16.1. The first-order valence-corrected chi connectivity index (χ1v) is 6.58. The number of unbranched alkanes of at least 4 members (excludes halogenated alkanes) is 1. The van der Waals surface area contributed by atoms with Crippen LogP contribution in [-0.4, -0.2) is 49.2 Å². The second kappa shape index (κ2) is 11.6. The van der Waals surface area contributed by atoms with Crippen LogP contribution in [0.15, 0.2) is 20.4 Å². The average Bonchev–Trinajstić information content (AvgIpc) is 2.44. The molecule has 0 aromatic rings. The number of hydrogen-bond donors (Lipinski definition) is 3. The number of carboxylic acid groups (broad SMARTS) is 1. The normalized spacial score (nSPS) is 13.1. The van der Waals surface area contributed by atoms with E-state index in [0.717, 1.165) is 0 Å². The van der Waals surface area contributed by atoms with E-state index in [9.17, 15) is 9.59 Å². The minimum atomic E-state index is -1.01. The molecule has 0 aromatic heterocycles. The van der Waals surface area contributed by atoms with E-state index in [1.54, 1.807) is 0 Å². The van der Waals surface area contributed by atoms with E-state index in [1.165, 1.54) is 7.05 Å². The van der Waals surface area contributed by atoms with Gasteiger partial charge in [0.1, 0.15) is 6.04 Å². The van der Waals surface area contributed by atoms with Gasteiger partial charge in [-0.15, -0.1) is 10.2 Å². The van der Waals surface area contributed by atoms with Gasteiger partial charge in [-0.05, 0) is 19.3 Å². The molecule has 21 heavy (non-hydrogen) atoms. The molecule has 0 spiro atoms. The number of nitrogens with one attached hydrogen (secondary N) is 1. The Morgan fingerprint density at radius 3 is 2.62 bits per heavy atom. The van der Waals surface area contributed by atoms with E-state index in [4.69, 9.17) is 10.8 Å². The SMILES string of the molecule is C=N/N=C(/CCC(=O)NCCCCC(N)C(=O)O)N=NC. The molecule has 0 aliphatic rings. The van der Waals surface area contributed by atoms with Crippen LogP contribution in [-0.2, 0) is 9.59 Å². The van der Waals surface area contributed by atoms with Crippen molar-refractivity contribution in [2.24, 2.45) is 26.2 Å². The minimum Gasteiger partial charge on any atom is -0.480 e. The molecule has 0 bridgehead atoms. The van der Waals surface area contributed by atoms with E-state index < -0.39 is 12.0 Å². The maximum Gasteiger partial charge on any atom is 0.320 e. The van der Waals surface area contributed by atoms with Crippen molar-refractivity contribution in [1.29, 1.82) is 0 Å². The van der Waals surface area contributed by atoms with E-state index in [2.05, 4.69) is 32.5 Å². The monoisotopic (exact) mass is 298 g/mol. The van der Waals surface area contributed by atoms with Gasteiger partial charge in [-0.2, -0.15) is 10.2 Å². The van der Waals surface area contributed by atoms with Gasteiger partial charge < -0.3 is 16.2 Å². The molecule has 9 heteroatoms. The topological polar surface area (TPSA) is 142 Å². The maximum atomic E-state index is 11.6. The van der Waals surface area contributed by atoms with E-state index in [1.807, 2.05) is 0 Å². The van der Waals surface area contributed by atoms with Crippen molar-refractivity contribution in [3.05, 3.63) is 0 Å². The first kappa shape index (κ1) is 18.8. The summed E-state index contributed by atoms with van der Waals surface area (Å²) in [5.41, 5.74) is 5.36. The molecule has 0 saturated heterocycles. The van der Waals surface area contributed by atoms with Crippen molar-refractivity contribution in [2.75, 3.05) is 13.6 Å². The highest BCUT2D eigenvalue weighted by molar-refractivity contribution is 5.87. The summed E-state index contributed by atoms with van der Waals surface area (Å²) in [5.74, 6) is -0.803. The van der Waals surface area contributed by atoms with Crippen LogP contribution in [0.5, 0.6) is 0 Å². The molecule has 0 radical (unpaired) electrons. The van der Waals surface area contributed by atoms with Crippen LogP contribution in [0.25, 0.3) is 0 Å². The molecule has 0 heterocycles. The van der Waals surface area contributed by atoms with Crippen molar-refractivity contribution in [3.8, 4) is 0 Å². The average molecular weight is 298 g/mol. The number of amidine groups is 1. The second-order valence-corrected chi connectivity index (χ2v) is 4.25. The van der Waals surface area contributed by atoms with Gasteiger partial charge in [0.15, 0.2) is 5.84 Å². The lowest BCUT2D eigenvalue weighted by molar-refractivity contribution is -0.138. The smallest absolute Gasteiger partial charge is 0.320 e. The number of aliphatic carboxylic acids is 1. The van der Waals surface area contributed by atoms with Gasteiger partial charge in [0.2, 0.25) is 5.91 Å². The quantitative estimate of drug-likeness (QED) is 0.178. The van der Waals surface area contributed by atoms with Gasteiger partial charge in [-0.1, -0.05) is 0 Å². The Labute approximate surface area is 123 Å². The Kier molecular flexibility index (Phi) is 10.5. The molecule has 0 fully saturated rings. The third-order valence-electron chi connectivity index (χ3n) is 2.56. The van der Waals surface area contributed by atoms with Crippen molar-refractivity contribution in [1.82, 2.24) is 5.32 Å². The number of hydrogen-bond acceptors (Lipinski definition) is 6. The van der Waals surface area contributed by atoms with Crippen LogP contribution >= 0.6 is 0 Å². The predicted octanol–water partition coefficient (Wildman–Crippen LogP) is 0.561. The summed E-state index contributed by atoms with van der Waals surface area (Å²) in [6, 6.07) is -0.842. The van der Waals surface area contributed by atoms with Crippen molar-refractivity contribution in [2.45, 2.75) is 38.1 Å². The fourth-order valence-electron chi connectivity index (χ4n) is 1.47. The number of rotatable bonds is 10. The highest BCUT2D eigenvalue weighted by atomic mass is 16.4. The first-order valence-electron chi connectivity index (χ1n) is 6.58. The highest BCUT2D eigenvalue weighted by Crippen LogP contribution is 2.00. The molecule has 118 valence electrons. The van der Waals surface area contributed by atoms with Crippen LogP contribution in [0.2, 0.25) is 0 Å². The molecule has 0 aromatic carbocycles. The van der Waals surface area contributed by atoms with E-state index in [-0.39, 0.29) is 12.3 Å². The highest BCUT2D eigenvalue weighted by Gasteiger charge is 2.10. The molecule has 1 amide bonds. The zero-order valence-corrected chi connectivity index (χ0v) is 12.2. The van der Waals surface area contributed by atoms with Gasteiger partial charge in [0, 0.05) is 33.2 Å². The second-order valence-electron chi connectivity index (χ2n) is 4.25. The van der Waals surface area contributed by atoms with Gasteiger partial charge in [-0.3, -0.25) is 9.59 Å². The standard InChI is InChI=1S/C12H22N6O3/c1-14-17-10(18-15-2)6-7-11(19)16-8-4-3-5-9(13)12(20)21/h9H,1,3-8,13H2,2H3,(H,16,19)(H,20,21)/b17-10-,18-15?.